The van der Waals surface area contributed by atoms with Gasteiger partial charge in [-0.3, -0.25) is 4.79 Å². The van der Waals surface area contributed by atoms with Crippen LogP contribution in [0.15, 0.2) is 22.4 Å². The van der Waals surface area contributed by atoms with E-state index in [4.69, 9.17) is 11.6 Å². The Morgan fingerprint density at radius 2 is 2.24 bits per heavy atom. The highest BCUT2D eigenvalue weighted by atomic mass is 35.5. The van der Waals surface area contributed by atoms with Gasteiger partial charge in [-0.2, -0.15) is 5.10 Å². The van der Waals surface area contributed by atoms with E-state index < -0.39 is 0 Å². The SMILES string of the molecule is CCCCn1ncc(NCc2sccc2CC)c(Cl)c1=O. The number of aryl methyl sites for hydroxylation is 2. The second-order valence-electron chi connectivity index (χ2n) is 4.83. The monoisotopic (exact) mass is 325 g/mol. The summed E-state index contributed by atoms with van der Waals surface area (Å²) in [5, 5.41) is 9.70. The average molecular weight is 326 g/mol. The molecule has 0 atom stereocenters. The molecule has 0 bridgehead atoms. The first-order chi connectivity index (χ1) is 10.2. The maximum absolute atomic E-state index is 12.1. The van der Waals surface area contributed by atoms with E-state index in [1.165, 1.54) is 15.1 Å². The van der Waals surface area contributed by atoms with Gasteiger partial charge in [-0.25, -0.2) is 4.68 Å². The molecule has 0 saturated carbocycles. The maximum Gasteiger partial charge on any atom is 0.287 e. The second kappa shape index (κ2) is 7.61. The minimum absolute atomic E-state index is 0.218. The zero-order valence-corrected chi connectivity index (χ0v) is 13.9. The summed E-state index contributed by atoms with van der Waals surface area (Å²) < 4.78 is 1.43. The van der Waals surface area contributed by atoms with Gasteiger partial charge >= 0.3 is 0 Å². The predicted molar refractivity (Wildman–Crippen MR) is 89.4 cm³/mol. The number of rotatable bonds is 7. The van der Waals surface area contributed by atoms with Gasteiger partial charge in [0.15, 0.2) is 0 Å². The lowest BCUT2D eigenvalue weighted by Gasteiger charge is -2.10. The van der Waals surface area contributed by atoms with E-state index in [1.807, 2.05) is 0 Å². The van der Waals surface area contributed by atoms with Gasteiger partial charge < -0.3 is 5.32 Å². The summed E-state index contributed by atoms with van der Waals surface area (Å²) in [6.07, 6.45) is 4.58. The quantitative estimate of drug-likeness (QED) is 0.839. The van der Waals surface area contributed by atoms with E-state index in [-0.39, 0.29) is 10.6 Å². The van der Waals surface area contributed by atoms with Crippen LogP contribution in [0.4, 0.5) is 5.69 Å². The summed E-state index contributed by atoms with van der Waals surface area (Å²) in [5.41, 5.74) is 1.70. The van der Waals surface area contributed by atoms with Gasteiger partial charge in [0.1, 0.15) is 5.02 Å². The third-order valence-electron chi connectivity index (χ3n) is 3.37. The molecule has 0 amide bonds. The molecule has 1 N–H and O–H groups in total. The van der Waals surface area contributed by atoms with Gasteiger partial charge in [-0.15, -0.1) is 11.3 Å². The fraction of sp³-hybridized carbons (Fsp3) is 0.467. The molecule has 0 fully saturated rings. The van der Waals surface area contributed by atoms with Crippen LogP contribution in [0, 0.1) is 0 Å². The molecule has 0 aliphatic rings. The molecule has 0 spiro atoms. The summed E-state index contributed by atoms with van der Waals surface area (Å²) in [7, 11) is 0. The highest BCUT2D eigenvalue weighted by Gasteiger charge is 2.10. The van der Waals surface area contributed by atoms with Crippen LogP contribution >= 0.6 is 22.9 Å². The summed E-state index contributed by atoms with van der Waals surface area (Å²) in [5.74, 6) is 0. The molecule has 0 aromatic carbocycles. The van der Waals surface area contributed by atoms with Crippen molar-refractivity contribution in [3.8, 4) is 0 Å². The molecule has 0 aliphatic heterocycles. The Morgan fingerprint density at radius 3 is 2.95 bits per heavy atom. The molecule has 0 unspecified atom stereocenters. The molecule has 4 nitrogen and oxygen atoms in total. The number of thiophene rings is 1. The smallest absolute Gasteiger partial charge is 0.287 e. The van der Waals surface area contributed by atoms with E-state index in [9.17, 15) is 4.79 Å². The van der Waals surface area contributed by atoms with Crippen molar-refractivity contribution in [1.82, 2.24) is 9.78 Å². The van der Waals surface area contributed by atoms with E-state index in [2.05, 4.69) is 35.7 Å². The molecule has 2 heterocycles. The van der Waals surface area contributed by atoms with Gasteiger partial charge in [-0.1, -0.05) is 31.9 Å². The van der Waals surface area contributed by atoms with Crippen LogP contribution in [0.25, 0.3) is 0 Å². The van der Waals surface area contributed by atoms with Crippen LogP contribution in [0.1, 0.15) is 37.1 Å². The topological polar surface area (TPSA) is 46.9 Å². The first-order valence-corrected chi connectivity index (χ1v) is 8.47. The fourth-order valence-electron chi connectivity index (χ4n) is 2.07. The zero-order chi connectivity index (χ0) is 15.2. The van der Waals surface area contributed by atoms with Crippen molar-refractivity contribution < 1.29 is 0 Å². The molecule has 6 heteroatoms. The number of aromatic nitrogens is 2. The Bertz CT molecular complexity index is 651. The highest BCUT2D eigenvalue weighted by Crippen LogP contribution is 2.21. The van der Waals surface area contributed by atoms with Crippen molar-refractivity contribution in [1.29, 1.82) is 0 Å². The highest BCUT2D eigenvalue weighted by molar-refractivity contribution is 7.10. The van der Waals surface area contributed by atoms with Crippen LogP contribution in [0.2, 0.25) is 5.02 Å². The third-order valence-corrected chi connectivity index (χ3v) is 4.69. The molecule has 2 rings (SSSR count). The predicted octanol–water partition coefficient (Wildman–Crippen LogP) is 3.93. The Labute approximate surface area is 133 Å². The van der Waals surface area contributed by atoms with Crippen molar-refractivity contribution in [3.63, 3.8) is 0 Å². The number of anilines is 1. The van der Waals surface area contributed by atoms with Gasteiger partial charge in [0.25, 0.3) is 5.56 Å². The van der Waals surface area contributed by atoms with Crippen molar-refractivity contribution in [2.45, 2.75) is 46.2 Å². The first kappa shape index (κ1) is 16.0. The number of hydrogen-bond acceptors (Lipinski definition) is 4. The van der Waals surface area contributed by atoms with E-state index in [0.717, 1.165) is 19.3 Å². The zero-order valence-electron chi connectivity index (χ0n) is 12.4. The van der Waals surface area contributed by atoms with Gasteiger partial charge in [0.2, 0.25) is 0 Å². The van der Waals surface area contributed by atoms with Crippen molar-refractivity contribution in [2.75, 3.05) is 5.32 Å². The molecule has 2 aromatic rings. The third kappa shape index (κ3) is 3.86. The van der Waals surface area contributed by atoms with Crippen molar-refractivity contribution >= 4 is 28.6 Å². The molecule has 21 heavy (non-hydrogen) atoms. The van der Waals surface area contributed by atoms with Gasteiger partial charge in [0.05, 0.1) is 11.9 Å². The van der Waals surface area contributed by atoms with Crippen molar-refractivity contribution in [3.05, 3.63) is 43.5 Å². The number of unbranched alkanes of at least 4 members (excludes halogenated alkanes) is 1. The van der Waals surface area contributed by atoms with Crippen LogP contribution in [0.5, 0.6) is 0 Å². The normalized spacial score (nSPS) is 10.8. The van der Waals surface area contributed by atoms with Crippen molar-refractivity contribution in [2.24, 2.45) is 0 Å². The second-order valence-corrected chi connectivity index (χ2v) is 6.21. The Morgan fingerprint density at radius 1 is 1.43 bits per heavy atom. The molecule has 114 valence electrons. The number of hydrogen-bond donors (Lipinski definition) is 1. The summed E-state index contributed by atoms with van der Waals surface area (Å²) in [6.45, 7) is 5.49. The first-order valence-electron chi connectivity index (χ1n) is 7.22. The number of nitrogens with one attached hydrogen (secondary N) is 1. The lowest BCUT2D eigenvalue weighted by atomic mass is 10.2. The minimum atomic E-state index is -0.225. The molecule has 0 radical (unpaired) electrons. The summed E-state index contributed by atoms with van der Waals surface area (Å²) in [6, 6.07) is 2.13. The standard InChI is InChI=1S/C15H20ClN3OS/c1-3-5-7-19-15(20)14(16)12(9-18-19)17-10-13-11(4-2)6-8-21-13/h6,8-9,17H,3-5,7,10H2,1-2H3. The van der Waals surface area contributed by atoms with Crippen LogP contribution in [0.3, 0.4) is 0 Å². The Hall–Kier alpha value is -1.33. The minimum Gasteiger partial charge on any atom is -0.377 e. The molecule has 0 aliphatic carbocycles. The van der Waals surface area contributed by atoms with E-state index in [1.54, 1.807) is 17.5 Å². The molecule has 0 saturated heterocycles. The summed E-state index contributed by atoms with van der Waals surface area (Å²) in [4.78, 5) is 13.4. The lowest BCUT2D eigenvalue weighted by molar-refractivity contribution is 0.543. The Kier molecular flexibility index (Phi) is 5.82. The van der Waals surface area contributed by atoms with Crippen LogP contribution in [-0.2, 0) is 19.5 Å². The number of halogens is 1. The van der Waals surface area contributed by atoms with Crippen LogP contribution < -0.4 is 10.9 Å². The largest absolute Gasteiger partial charge is 0.377 e. The fourth-order valence-corrected chi connectivity index (χ4v) is 3.20. The van der Waals surface area contributed by atoms with Gasteiger partial charge in [0, 0.05) is 18.0 Å². The molecule has 2 aromatic heterocycles. The maximum atomic E-state index is 12.1. The van der Waals surface area contributed by atoms with Gasteiger partial charge in [-0.05, 0) is 29.9 Å². The average Bonchev–Trinajstić information content (AvgIpc) is 2.95. The number of nitrogens with zero attached hydrogens (tertiary/aromatic N) is 2. The van der Waals surface area contributed by atoms with E-state index >= 15 is 0 Å². The lowest BCUT2D eigenvalue weighted by Crippen LogP contribution is -2.24. The Balaban J connectivity index is 2.11. The summed E-state index contributed by atoms with van der Waals surface area (Å²) >= 11 is 7.87. The van der Waals surface area contributed by atoms with Crippen LogP contribution in [-0.4, -0.2) is 9.78 Å². The molecular weight excluding hydrogens is 306 g/mol. The molecular formula is C15H20ClN3OS. The van der Waals surface area contributed by atoms with E-state index in [0.29, 0.717) is 18.8 Å².